The maximum Gasteiger partial charge on any atom is 0.227 e. The van der Waals surface area contributed by atoms with E-state index >= 15 is 0 Å². The van der Waals surface area contributed by atoms with Crippen LogP contribution in [0.2, 0.25) is 0 Å². The lowest BCUT2D eigenvalue weighted by Gasteiger charge is -2.04. The summed E-state index contributed by atoms with van der Waals surface area (Å²) < 4.78 is 10.1. The number of ether oxygens (including phenoxy) is 1. The molecule has 3 nitrogen and oxygen atoms in total. The summed E-state index contributed by atoms with van der Waals surface area (Å²) in [5.41, 5.74) is 0.798. The first-order chi connectivity index (χ1) is 6.85. The van der Waals surface area contributed by atoms with E-state index in [1.54, 1.807) is 13.2 Å². The number of halogens is 1. The van der Waals surface area contributed by atoms with Gasteiger partial charge in [-0.2, -0.15) is 0 Å². The monoisotopic (exact) mass is 253 g/mol. The van der Waals surface area contributed by atoms with Gasteiger partial charge < -0.3 is 8.57 Å². The third kappa shape index (κ3) is 1.53. The van der Waals surface area contributed by atoms with Crippen molar-refractivity contribution in [3.8, 4) is 11.6 Å². The Balaban J connectivity index is 2.70. The molecule has 0 aliphatic carbocycles. The molecule has 0 amide bonds. The van der Waals surface area contributed by atoms with Gasteiger partial charge >= 0.3 is 0 Å². The van der Waals surface area contributed by atoms with Gasteiger partial charge in [0.25, 0.3) is 0 Å². The molecule has 4 heteroatoms. The van der Waals surface area contributed by atoms with Gasteiger partial charge in [0.15, 0.2) is 16.3 Å². The van der Waals surface area contributed by atoms with Crippen molar-refractivity contribution < 1.29 is 8.57 Å². The number of benzene rings is 1. The molecule has 0 saturated heterocycles. The zero-order valence-electron chi connectivity index (χ0n) is 7.53. The van der Waals surface area contributed by atoms with Crippen LogP contribution in [0.5, 0.6) is 11.6 Å². The second-order valence-corrected chi connectivity index (χ2v) is 3.08. The quantitative estimate of drug-likeness (QED) is 0.825. The molecule has 0 bridgehead atoms. The standard InChI is InChI=1S/C10H8BrNO2/c1-13-8-4-2-3-7-5-6-9(14-11)12-10(7)8/h2-6H,1H3. The maximum absolute atomic E-state index is 5.19. The first-order valence-electron chi connectivity index (χ1n) is 4.07. The van der Waals surface area contributed by atoms with Crippen LogP contribution in [0.15, 0.2) is 30.3 Å². The van der Waals surface area contributed by atoms with Crippen LogP contribution < -0.4 is 8.57 Å². The van der Waals surface area contributed by atoms with Crippen LogP contribution in [-0.4, -0.2) is 12.1 Å². The van der Waals surface area contributed by atoms with Crippen LogP contribution in [0.4, 0.5) is 0 Å². The molecule has 1 aromatic heterocycles. The van der Waals surface area contributed by atoms with Gasteiger partial charge in [0, 0.05) is 11.5 Å². The third-order valence-corrected chi connectivity index (χ3v) is 2.29. The predicted molar refractivity (Wildman–Crippen MR) is 57.9 cm³/mol. The number of fused-ring (bicyclic) bond motifs is 1. The third-order valence-electron chi connectivity index (χ3n) is 1.96. The highest BCUT2D eigenvalue weighted by Crippen LogP contribution is 2.25. The number of pyridine rings is 1. The zero-order valence-corrected chi connectivity index (χ0v) is 9.11. The Morgan fingerprint density at radius 2 is 2.07 bits per heavy atom. The van der Waals surface area contributed by atoms with Crippen LogP contribution >= 0.6 is 16.3 Å². The van der Waals surface area contributed by atoms with Crippen molar-refractivity contribution in [3.05, 3.63) is 30.3 Å². The molecule has 72 valence electrons. The molecule has 0 spiro atoms. The smallest absolute Gasteiger partial charge is 0.227 e. The molecule has 2 aromatic rings. The summed E-state index contributed by atoms with van der Waals surface area (Å²) in [7, 11) is 1.62. The molecule has 0 N–H and O–H groups in total. The van der Waals surface area contributed by atoms with Gasteiger partial charge in [-0.1, -0.05) is 12.1 Å². The van der Waals surface area contributed by atoms with E-state index in [0.29, 0.717) is 5.88 Å². The SMILES string of the molecule is COc1cccc2ccc(OBr)nc12. The molecular weight excluding hydrogens is 246 g/mol. The van der Waals surface area contributed by atoms with E-state index in [-0.39, 0.29) is 0 Å². The minimum atomic E-state index is 0.516. The Bertz CT molecular complexity index is 459. The molecule has 14 heavy (non-hydrogen) atoms. The van der Waals surface area contributed by atoms with Gasteiger partial charge in [-0.05, 0) is 12.1 Å². The van der Waals surface area contributed by atoms with Crippen LogP contribution in [-0.2, 0) is 0 Å². The van der Waals surface area contributed by atoms with Crippen molar-refractivity contribution in [2.75, 3.05) is 7.11 Å². The van der Waals surface area contributed by atoms with Crippen LogP contribution in [0.25, 0.3) is 10.9 Å². The van der Waals surface area contributed by atoms with Gasteiger partial charge in [-0.15, -0.1) is 0 Å². The normalized spacial score (nSPS) is 10.1. The van der Waals surface area contributed by atoms with Crippen molar-refractivity contribution >= 4 is 27.2 Å². The summed E-state index contributed by atoms with van der Waals surface area (Å²) in [6.07, 6.45) is 0. The zero-order chi connectivity index (χ0) is 9.97. The summed E-state index contributed by atoms with van der Waals surface area (Å²) in [5, 5.41) is 1.03. The molecular formula is C10H8BrNO2. The highest BCUT2D eigenvalue weighted by Gasteiger charge is 2.03. The number of nitrogens with zero attached hydrogens (tertiary/aromatic N) is 1. The van der Waals surface area contributed by atoms with Gasteiger partial charge in [0.2, 0.25) is 5.88 Å². The van der Waals surface area contributed by atoms with Crippen LogP contribution in [0.3, 0.4) is 0 Å². The molecule has 0 radical (unpaired) electrons. The summed E-state index contributed by atoms with van der Waals surface area (Å²) in [5.74, 6) is 1.26. The van der Waals surface area contributed by atoms with Gasteiger partial charge in [-0.25, -0.2) is 4.98 Å². The van der Waals surface area contributed by atoms with Crippen molar-refractivity contribution in [3.63, 3.8) is 0 Å². The first-order valence-corrected chi connectivity index (χ1v) is 4.72. The lowest BCUT2D eigenvalue weighted by molar-refractivity contribution is 0.418. The fraction of sp³-hybridized carbons (Fsp3) is 0.100. The van der Waals surface area contributed by atoms with Gasteiger partial charge in [0.05, 0.1) is 7.11 Å². The Kier molecular flexibility index (Phi) is 2.54. The van der Waals surface area contributed by atoms with Crippen molar-refractivity contribution in [2.24, 2.45) is 0 Å². The highest BCUT2D eigenvalue weighted by molar-refractivity contribution is 9.06. The largest absolute Gasteiger partial charge is 0.494 e. The fourth-order valence-electron chi connectivity index (χ4n) is 1.31. The Morgan fingerprint density at radius 3 is 2.79 bits per heavy atom. The lowest BCUT2D eigenvalue weighted by atomic mass is 10.2. The van der Waals surface area contributed by atoms with Gasteiger partial charge in [-0.3, -0.25) is 0 Å². The molecule has 1 heterocycles. The van der Waals surface area contributed by atoms with E-state index in [4.69, 9.17) is 8.57 Å². The number of para-hydroxylation sites is 1. The second kappa shape index (κ2) is 3.84. The minimum absolute atomic E-state index is 0.516. The number of hydrogen-bond acceptors (Lipinski definition) is 3. The Hall–Kier alpha value is -1.29. The van der Waals surface area contributed by atoms with E-state index in [2.05, 4.69) is 21.2 Å². The fourth-order valence-corrected chi connectivity index (χ4v) is 1.49. The Labute approximate surface area is 90.1 Å². The molecule has 0 fully saturated rings. The number of rotatable bonds is 2. The average molecular weight is 254 g/mol. The molecule has 0 saturated carbocycles. The first kappa shape index (κ1) is 9.27. The lowest BCUT2D eigenvalue weighted by Crippen LogP contribution is -1.88. The second-order valence-electron chi connectivity index (χ2n) is 2.76. The molecule has 0 atom stereocenters. The van der Waals surface area contributed by atoms with Crippen molar-refractivity contribution in [1.82, 2.24) is 4.98 Å². The Morgan fingerprint density at radius 1 is 1.21 bits per heavy atom. The van der Waals surface area contributed by atoms with Crippen LogP contribution in [0, 0.1) is 0 Å². The number of methoxy groups -OCH3 is 1. The summed E-state index contributed by atoms with van der Waals surface area (Å²) >= 11 is 2.89. The molecule has 0 aliphatic rings. The van der Waals surface area contributed by atoms with Crippen molar-refractivity contribution in [2.45, 2.75) is 0 Å². The van der Waals surface area contributed by atoms with E-state index in [9.17, 15) is 0 Å². The summed E-state index contributed by atoms with van der Waals surface area (Å²) in [6, 6.07) is 9.49. The highest BCUT2D eigenvalue weighted by atomic mass is 79.9. The topological polar surface area (TPSA) is 31.4 Å². The number of hydrogen-bond donors (Lipinski definition) is 0. The van der Waals surface area contributed by atoms with Gasteiger partial charge in [0.1, 0.15) is 11.3 Å². The molecule has 0 aliphatic heterocycles. The summed E-state index contributed by atoms with van der Waals surface area (Å²) in [6.45, 7) is 0. The van der Waals surface area contributed by atoms with E-state index in [1.807, 2.05) is 24.3 Å². The molecule has 1 aromatic carbocycles. The van der Waals surface area contributed by atoms with E-state index in [1.165, 1.54) is 0 Å². The molecule has 2 rings (SSSR count). The predicted octanol–water partition coefficient (Wildman–Crippen LogP) is 2.93. The van der Waals surface area contributed by atoms with Crippen molar-refractivity contribution in [1.29, 1.82) is 0 Å². The molecule has 0 unspecified atom stereocenters. The van der Waals surface area contributed by atoms with Crippen LogP contribution in [0.1, 0.15) is 0 Å². The van der Waals surface area contributed by atoms with E-state index in [0.717, 1.165) is 16.7 Å². The summed E-state index contributed by atoms with van der Waals surface area (Å²) in [4.78, 5) is 4.27. The van der Waals surface area contributed by atoms with E-state index < -0.39 is 0 Å². The average Bonchev–Trinajstić information content (AvgIpc) is 2.27. The number of aromatic nitrogens is 1. The maximum atomic E-state index is 5.19. The minimum Gasteiger partial charge on any atom is -0.494 e.